The number of ether oxygens (including phenoxy) is 1. The van der Waals surface area contributed by atoms with Gasteiger partial charge in [0, 0.05) is 45.0 Å². The number of hydrogen-bond acceptors (Lipinski definition) is 5. The number of nitrogens with zero attached hydrogens (tertiary/aromatic N) is 2. The topological polar surface area (TPSA) is 83.0 Å². The van der Waals surface area contributed by atoms with Crippen molar-refractivity contribution in [1.82, 2.24) is 15.5 Å². The third-order valence-corrected chi connectivity index (χ3v) is 5.74. The highest BCUT2D eigenvalue weighted by Crippen LogP contribution is 2.12. The zero-order valence-electron chi connectivity index (χ0n) is 16.6. The molecule has 0 aromatic rings. The van der Waals surface area contributed by atoms with Crippen molar-refractivity contribution in [2.75, 3.05) is 57.9 Å². The monoisotopic (exact) mass is 514 g/mol. The summed E-state index contributed by atoms with van der Waals surface area (Å²) in [6.45, 7) is 7.76. The number of nitrogens with one attached hydrogen (secondary N) is 2. The van der Waals surface area contributed by atoms with Crippen molar-refractivity contribution < 1.29 is 13.2 Å². The van der Waals surface area contributed by atoms with Crippen molar-refractivity contribution in [3.63, 3.8) is 0 Å². The average molecular weight is 514 g/mol. The molecular weight excluding hydrogens is 479 g/mol. The van der Waals surface area contributed by atoms with Crippen LogP contribution in [-0.4, -0.2) is 83.3 Å². The van der Waals surface area contributed by atoms with E-state index in [-0.39, 0.29) is 29.7 Å². The summed E-state index contributed by atoms with van der Waals surface area (Å²) in [6.07, 6.45) is 7.51. The average Bonchev–Trinajstić information content (AvgIpc) is 2.61. The van der Waals surface area contributed by atoms with Crippen LogP contribution < -0.4 is 10.6 Å². The molecule has 0 unspecified atom stereocenters. The Balaban J connectivity index is 0.00000364. The molecule has 2 aliphatic heterocycles. The summed E-state index contributed by atoms with van der Waals surface area (Å²) in [5.74, 6) is 1.13. The standard InChI is InChI=1S/C18H34N4O3S.HI/c1-3-19-18(20-9-4-16-7-13-25-14-8-16)21-17-5-10-22(11-6-17)12-15-26(2,23)24;/h7,17H,3-6,8-15H2,1-2H3,(H2,19,20,21);1H. The first-order chi connectivity index (χ1) is 12.5. The Bertz CT molecular complexity index is 587. The zero-order chi connectivity index (χ0) is 18.8. The van der Waals surface area contributed by atoms with E-state index in [0.29, 0.717) is 12.6 Å². The molecule has 2 N–H and O–H groups in total. The van der Waals surface area contributed by atoms with Gasteiger partial charge in [0.25, 0.3) is 0 Å². The third-order valence-electron chi connectivity index (χ3n) is 4.81. The Morgan fingerprint density at radius 1 is 1.37 bits per heavy atom. The van der Waals surface area contributed by atoms with Gasteiger partial charge in [-0.2, -0.15) is 0 Å². The second-order valence-corrected chi connectivity index (χ2v) is 9.35. The van der Waals surface area contributed by atoms with E-state index in [1.54, 1.807) is 0 Å². The van der Waals surface area contributed by atoms with Gasteiger partial charge < -0.3 is 20.3 Å². The molecule has 158 valence electrons. The summed E-state index contributed by atoms with van der Waals surface area (Å²) in [5.41, 5.74) is 1.44. The molecule has 0 aromatic heterocycles. The fourth-order valence-electron chi connectivity index (χ4n) is 3.21. The maximum absolute atomic E-state index is 11.3. The van der Waals surface area contributed by atoms with E-state index in [4.69, 9.17) is 9.73 Å². The highest BCUT2D eigenvalue weighted by molar-refractivity contribution is 14.0. The van der Waals surface area contributed by atoms with Crippen molar-refractivity contribution in [1.29, 1.82) is 0 Å². The zero-order valence-corrected chi connectivity index (χ0v) is 19.7. The van der Waals surface area contributed by atoms with Gasteiger partial charge in [0.2, 0.25) is 0 Å². The molecule has 7 nitrogen and oxygen atoms in total. The van der Waals surface area contributed by atoms with Crippen LogP contribution in [0.25, 0.3) is 0 Å². The van der Waals surface area contributed by atoms with Gasteiger partial charge in [-0.25, -0.2) is 8.42 Å². The van der Waals surface area contributed by atoms with Crippen molar-refractivity contribution in [2.24, 2.45) is 4.99 Å². The van der Waals surface area contributed by atoms with E-state index in [1.807, 2.05) is 0 Å². The molecule has 0 saturated carbocycles. The molecule has 0 spiro atoms. The Hall–Kier alpha value is -0.390. The van der Waals surface area contributed by atoms with Crippen molar-refractivity contribution in [3.05, 3.63) is 11.6 Å². The fourth-order valence-corrected chi connectivity index (χ4v) is 3.80. The molecule has 0 atom stereocenters. The van der Waals surface area contributed by atoms with Crippen LogP contribution in [0.3, 0.4) is 0 Å². The summed E-state index contributed by atoms with van der Waals surface area (Å²) in [4.78, 5) is 6.95. The molecule has 0 bridgehead atoms. The normalized spacial score (nSPS) is 19.9. The first-order valence-electron chi connectivity index (χ1n) is 9.67. The van der Waals surface area contributed by atoms with Gasteiger partial charge in [-0.1, -0.05) is 11.6 Å². The van der Waals surface area contributed by atoms with Gasteiger partial charge in [0.15, 0.2) is 5.96 Å². The molecule has 2 aliphatic rings. The van der Waals surface area contributed by atoms with Crippen molar-refractivity contribution >= 4 is 39.8 Å². The summed E-state index contributed by atoms with van der Waals surface area (Å²) in [5, 5.41) is 6.86. The van der Waals surface area contributed by atoms with E-state index in [9.17, 15) is 8.42 Å². The Labute approximate surface area is 181 Å². The van der Waals surface area contributed by atoms with Gasteiger partial charge in [0.1, 0.15) is 9.84 Å². The molecule has 9 heteroatoms. The van der Waals surface area contributed by atoms with Gasteiger partial charge >= 0.3 is 0 Å². The number of piperidine rings is 1. The Kier molecular flexibility index (Phi) is 11.8. The molecule has 0 radical (unpaired) electrons. The molecule has 0 aromatic carbocycles. The largest absolute Gasteiger partial charge is 0.377 e. The van der Waals surface area contributed by atoms with Crippen LogP contribution in [0.15, 0.2) is 16.6 Å². The van der Waals surface area contributed by atoms with E-state index < -0.39 is 9.84 Å². The second kappa shape index (κ2) is 12.9. The Morgan fingerprint density at radius 3 is 2.70 bits per heavy atom. The van der Waals surface area contributed by atoms with Crippen LogP contribution >= 0.6 is 24.0 Å². The molecule has 1 fully saturated rings. The minimum Gasteiger partial charge on any atom is -0.377 e. The number of rotatable bonds is 8. The van der Waals surface area contributed by atoms with E-state index in [2.05, 4.69) is 28.5 Å². The lowest BCUT2D eigenvalue weighted by Crippen LogP contribution is -2.49. The maximum Gasteiger partial charge on any atom is 0.191 e. The smallest absolute Gasteiger partial charge is 0.191 e. The molecule has 2 rings (SSSR count). The summed E-state index contributed by atoms with van der Waals surface area (Å²) < 4.78 is 27.9. The molecule has 0 amide bonds. The molecule has 2 heterocycles. The van der Waals surface area contributed by atoms with Crippen LogP contribution in [-0.2, 0) is 14.6 Å². The molecule has 1 saturated heterocycles. The maximum atomic E-state index is 11.3. The second-order valence-electron chi connectivity index (χ2n) is 7.09. The number of likely N-dealkylation sites (tertiary alicyclic amines) is 1. The first kappa shape index (κ1) is 24.6. The SMILES string of the molecule is CCNC(=NCCC1=CCOCC1)NC1CCN(CCS(C)(=O)=O)CC1.I. The summed E-state index contributed by atoms with van der Waals surface area (Å²) >= 11 is 0. The number of guanidine groups is 1. The third kappa shape index (κ3) is 10.7. The highest BCUT2D eigenvalue weighted by Gasteiger charge is 2.20. The minimum atomic E-state index is -2.88. The molecule has 27 heavy (non-hydrogen) atoms. The van der Waals surface area contributed by atoms with Crippen LogP contribution in [0.4, 0.5) is 0 Å². The predicted octanol–water partition coefficient (Wildman–Crippen LogP) is 1.41. The van der Waals surface area contributed by atoms with Crippen molar-refractivity contribution in [2.45, 2.75) is 38.6 Å². The highest BCUT2D eigenvalue weighted by atomic mass is 127. The minimum absolute atomic E-state index is 0. The van der Waals surface area contributed by atoms with Crippen LogP contribution in [0.2, 0.25) is 0 Å². The quantitative estimate of drug-likeness (QED) is 0.221. The molecular formula is C18H35IN4O3S. The van der Waals surface area contributed by atoms with E-state index in [1.165, 1.54) is 11.8 Å². The lowest BCUT2D eigenvalue weighted by atomic mass is 10.1. The number of sulfone groups is 1. The van der Waals surface area contributed by atoms with Gasteiger partial charge in [-0.3, -0.25) is 4.99 Å². The van der Waals surface area contributed by atoms with Gasteiger partial charge in [0.05, 0.1) is 19.0 Å². The summed E-state index contributed by atoms with van der Waals surface area (Å²) in [7, 11) is -2.88. The Morgan fingerprint density at radius 2 is 2.11 bits per heavy atom. The fraction of sp³-hybridized carbons (Fsp3) is 0.833. The van der Waals surface area contributed by atoms with E-state index in [0.717, 1.165) is 71.0 Å². The van der Waals surface area contributed by atoms with Crippen LogP contribution in [0.1, 0.15) is 32.6 Å². The number of aliphatic imine (C=N–C) groups is 1. The summed E-state index contributed by atoms with van der Waals surface area (Å²) in [6, 6.07) is 0.393. The predicted molar refractivity (Wildman–Crippen MR) is 122 cm³/mol. The lowest BCUT2D eigenvalue weighted by molar-refractivity contribution is 0.153. The van der Waals surface area contributed by atoms with E-state index >= 15 is 0 Å². The lowest BCUT2D eigenvalue weighted by Gasteiger charge is -2.32. The molecule has 0 aliphatic carbocycles. The number of halogens is 1. The van der Waals surface area contributed by atoms with Gasteiger partial charge in [-0.15, -0.1) is 24.0 Å². The number of hydrogen-bond donors (Lipinski definition) is 2. The van der Waals surface area contributed by atoms with Crippen LogP contribution in [0, 0.1) is 0 Å². The first-order valence-corrected chi connectivity index (χ1v) is 11.7. The van der Waals surface area contributed by atoms with Crippen molar-refractivity contribution in [3.8, 4) is 0 Å². The van der Waals surface area contributed by atoms with Crippen LogP contribution in [0.5, 0.6) is 0 Å². The van der Waals surface area contributed by atoms with Gasteiger partial charge in [-0.05, 0) is 32.6 Å².